The van der Waals surface area contributed by atoms with Crippen molar-refractivity contribution in [3.8, 4) is 0 Å². The molecule has 0 spiro atoms. The summed E-state index contributed by atoms with van der Waals surface area (Å²) < 4.78 is 5.41. The standard InChI is InChI=1S/C15H29NO/c1-3-17-13-9-12-15(16-2)14-10-7-5-4-6-8-11-14/h10,15-16H,3-9,11-13H2,1-2H3. The van der Waals surface area contributed by atoms with Gasteiger partial charge in [0.2, 0.25) is 0 Å². The van der Waals surface area contributed by atoms with E-state index in [2.05, 4.69) is 25.4 Å². The SMILES string of the molecule is CCOCCCC(NC)C1=CCCCCCC1. The first-order valence-electron chi connectivity index (χ1n) is 7.32. The minimum atomic E-state index is 0.577. The Morgan fingerprint density at radius 3 is 2.88 bits per heavy atom. The van der Waals surface area contributed by atoms with E-state index in [0.29, 0.717) is 6.04 Å². The number of hydrogen-bond acceptors (Lipinski definition) is 2. The first-order valence-corrected chi connectivity index (χ1v) is 7.32. The number of nitrogens with one attached hydrogen (secondary N) is 1. The van der Waals surface area contributed by atoms with Gasteiger partial charge in [0.05, 0.1) is 0 Å². The number of likely N-dealkylation sites (N-methyl/N-ethyl adjacent to an activating group) is 1. The summed E-state index contributed by atoms with van der Waals surface area (Å²) in [6.07, 6.45) is 13.0. The first-order chi connectivity index (χ1) is 8.38. The second kappa shape index (κ2) is 9.67. The fourth-order valence-electron chi connectivity index (χ4n) is 2.58. The Morgan fingerprint density at radius 2 is 2.12 bits per heavy atom. The zero-order chi connectivity index (χ0) is 12.3. The van der Waals surface area contributed by atoms with Gasteiger partial charge in [-0.1, -0.05) is 24.5 Å². The predicted octanol–water partition coefficient (Wildman–Crippen LogP) is 3.67. The van der Waals surface area contributed by atoms with Gasteiger partial charge in [-0.3, -0.25) is 0 Å². The van der Waals surface area contributed by atoms with Gasteiger partial charge in [-0.25, -0.2) is 0 Å². The van der Waals surface area contributed by atoms with Crippen LogP contribution >= 0.6 is 0 Å². The van der Waals surface area contributed by atoms with Crippen molar-refractivity contribution in [2.75, 3.05) is 20.3 Å². The normalized spacial score (nSPS) is 19.3. The number of allylic oxidation sites excluding steroid dienone is 1. The molecule has 0 amide bonds. The predicted molar refractivity (Wildman–Crippen MR) is 74.4 cm³/mol. The smallest absolute Gasteiger partial charge is 0.0466 e. The lowest BCUT2D eigenvalue weighted by Gasteiger charge is -2.21. The fraction of sp³-hybridized carbons (Fsp3) is 0.867. The van der Waals surface area contributed by atoms with Crippen LogP contribution in [-0.2, 0) is 4.74 Å². The molecule has 1 rings (SSSR count). The van der Waals surface area contributed by atoms with Gasteiger partial charge in [0.25, 0.3) is 0 Å². The van der Waals surface area contributed by atoms with Gasteiger partial charge in [-0.05, 0) is 52.5 Å². The summed E-state index contributed by atoms with van der Waals surface area (Å²) in [6.45, 7) is 3.81. The summed E-state index contributed by atoms with van der Waals surface area (Å²) >= 11 is 0. The molecule has 0 radical (unpaired) electrons. The van der Waals surface area contributed by atoms with Gasteiger partial charge in [-0.2, -0.15) is 0 Å². The largest absolute Gasteiger partial charge is 0.382 e. The second-order valence-electron chi connectivity index (χ2n) is 4.91. The third kappa shape index (κ3) is 6.23. The zero-order valence-corrected chi connectivity index (χ0v) is 11.6. The van der Waals surface area contributed by atoms with E-state index in [9.17, 15) is 0 Å². The molecule has 1 unspecified atom stereocenters. The van der Waals surface area contributed by atoms with E-state index in [1.165, 1.54) is 44.9 Å². The Balaban J connectivity index is 2.35. The number of hydrogen-bond donors (Lipinski definition) is 1. The summed E-state index contributed by atoms with van der Waals surface area (Å²) in [5.41, 5.74) is 1.64. The van der Waals surface area contributed by atoms with Gasteiger partial charge in [0, 0.05) is 19.3 Å². The van der Waals surface area contributed by atoms with E-state index < -0.39 is 0 Å². The van der Waals surface area contributed by atoms with E-state index in [0.717, 1.165) is 19.6 Å². The van der Waals surface area contributed by atoms with Gasteiger partial charge < -0.3 is 10.1 Å². The molecule has 1 N–H and O–H groups in total. The molecule has 2 nitrogen and oxygen atoms in total. The first kappa shape index (κ1) is 14.7. The molecular weight excluding hydrogens is 210 g/mol. The Bertz CT molecular complexity index is 213. The van der Waals surface area contributed by atoms with Crippen LogP contribution in [0.25, 0.3) is 0 Å². The van der Waals surface area contributed by atoms with Crippen LogP contribution in [0.3, 0.4) is 0 Å². The van der Waals surface area contributed by atoms with Crippen molar-refractivity contribution in [1.29, 1.82) is 0 Å². The minimum Gasteiger partial charge on any atom is -0.382 e. The van der Waals surface area contributed by atoms with E-state index in [4.69, 9.17) is 4.74 Å². The lowest BCUT2D eigenvalue weighted by Crippen LogP contribution is -2.28. The molecule has 0 aliphatic heterocycles. The Hall–Kier alpha value is -0.340. The molecule has 0 saturated heterocycles. The third-order valence-electron chi connectivity index (χ3n) is 3.61. The molecule has 0 bridgehead atoms. The van der Waals surface area contributed by atoms with Crippen molar-refractivity contribution in [3.05, 3.63) is 11.6 Å². The lowest BCUT2D eigenvalue weighted by atomic mass is 9.93. The topological polar surface area (TPSA) is 21.3 Å². The van der Waals surface area contributed by atoms with Gasteiger partial charge in [0.1, 0.15) is 0 Å². The molecule has 0 fully saturated rings. The van der Waals surface area contributed by atoms with E-state index in [1.54, 1.807) is 5.57 Å². The summed E-state index contributed by atoms with van der Waals surface area (Å²) in [4.78, 5) is 0. The van der Waals surface area contributed by atoms with Crippen LogP contribution in [0.1, 0.15) is 58.3 Å². The molecule has 2 heteroatoms. The minimum absolute atomic E-state index is 0.577. The summed E-state index contributed by atoms with van der Waals surface area (Å²) in [5, 5.41) is 3.47. The Labute approximate surface area is 107 Å². The van der Waals surface area contributed by atoms with Crippen molar-refractivity contribution in [2.45, 2.75) is 64.3 Å². The van der Waals surface area contributed by atoms with Crippen LogP contribution < -0.4 is 5.32 Å². The van der Waals surface area contributed by atoms with E-state index >= 15 is 0 Å². The molecule has 1 aliphatic rings. The molecule has 1 aliphatic carbocycles. The molecule has 100 valence electrons. The highest BCUT2D eigenvalue weighted by molar-refractivity contribution is 5.11. The van der Waals surface area contributed by atoms with Crippen LogP contribution in [0.4, 0.5) is 0 Å². The van der Waals surface area contributed by atoms with Crippen LogP contribution in [-0.4, -0.2) is 26.3 Å². The highest BCUT2D eigenvalue weighted by Gasteiger charge is 2.12. The van der Waals surface area contributed by atoms with Gasteiger partial charge >= 0.3 is 0 Å². The molecule has 17 heavy (non-hydrogen) atoms. The molecule has 1 atom stereocenters. The molecule has 0 saturated carbocycles. The van der Waals surface area contributed by atoms with Crippen LogP contribution in [0.15, 0.2) is 11.6 Å². The summed E-state index contributed by atoms with van der Waals surface area (Å²) in [7, 11) is 2.09. The highest BCUT2D eigenvalue weighted by atomic mass is 16.5. The molecule has 0 aromatic heterocycles. The third-order valence-corrected chi connectivity index (χ3v) is 3.61. The maximum Gasteiger partial charge on any atom is 0.0466 e. The van der Waals surface area contributed by atoms with Crippen molar-refractivity contribution in [2.24, 2.45) is 0 Å². The number of rotatable bonds is 7. The van der Waals surface area contributed by atoms with Crippen molar-refractivity contribution >= 4 is 0 Å². The molecule has 0 heterocycles. The van der Waals surface area contributed by atoms with Crippen LogP contribution in [0.5, 0.6) is 0 Å². The quantitative estimate of drug-likeness (QED) is 0.540. The van der Waals surface area contributed by atoms with E-state index in [1.807, 2.05) is 0 Å². The van der Waals surface area contributed by atoms with Crippen molar-refractivity contribution < 1.29 is 4.74 Å². The highest BCUT2D eigenvalue weighted by Crippen LogP contribution is 2.21. The van der Waals surface area contributed by atoms with Crippen molar-refractivity contribution in [3.63, 3.8) is 0 Å². The maximum absolute atomic E-state index is 5.41. The lowest BCUT2D eigenvalue weighted by molar-refractivity contribution is 0.142. The molecular formula is C15H29NO. The fourth-order valence-corrected chi connectivity index (χ4v) is 2.58. The zero-order valence-electron chi connectivity index (χ0n) is 11.6. The average molecular weight is 239 g/mol. The van der Waals surface area contributed by atoms with Crippen LogP contribution in [0.2, 0.25) is 0 Å². The van der Waals surface area contributed by atoms with Crippen molar-refractivity contribution in [1.82, 2.24) is 5.32 Å². The molecule has 0 aromatic rings. The van der Waals surface area contributed by atoms with Crippen LogP contribution in [0, 0.1) is 0 Å². The Kier molecular flexibility index (Phi) is 8.37. The monoisotopic (exact) mass is 239 g/mol. The number of ether oxygens (including phenoxy) is 1. The average Bonchev–Trinajstić information content (AvgIpc) is 2.30. The molecule has 0 aromatic carbocycles. The van der Waals surface area contributed by atoms with Gasteiger partial charge in [0.15, 0.2) is 0 Å². The Morgan fingerprint density at radius 1 is 1.29 bits per heavy atom. The second-order valence-corrected chi connectivity index (χ2v) is 4.91. The van der Waals surface area contributed by atoms with E-state index in [-0.39, 0.29) is 0 Å². The maximum atomic E-state index is 5.41. The van der Waals surface area contributed by atoms with Gasteiger partial charge in [-0.15, -0.1) is 0 Å². The summed E-state index contributed by atoms with van der Waals surface area (Å²) in [6, 6.07) is 0.577. The summed E-state index contributed by atoms with van der Waals surface area (Å²) in [5.74, 6) is 0.